The van der Waals surface area contributed by atoms with E-state index in [2.05, 4.69) is 21.2 Å². The van der Waals surface area contributed by atoms with Gasteiger partial charge in [-0.25, -0.2) is 8.42 Å². The van der Waals surface area contributed by atoms with E-state index in [1.54, 1.807) is 18.2 Å². The molecule has 0 bridgehead atoms. The number of methoxy groups -OCH3 is 2. The fourth-order valence-electron chi connectivity index (χ4n) is 2.27. The SMILES string of the molecule is COc1ccc(Cl)cc1NC(=O)CN(C)S(=O)(=O)c1cc(Br)ccc1OC. The average Bonchev–Trinajstić information content (AvgIpc) is 2.61. The number of likely N-dealkylation sites (N-methyl/N-ethyl adjacent to an activating group) is 1. The van der Waals surface area contributed by atoms with E-state index in [0.717, 1.165) is 4.31 Å². The molecule has 0 aliphatic rings. The molecule has 2 rings (SSSR count). The van der Waals surface area contributed by atoms with Crippen LogP contribution in [-0.4, -0.2) is 46.4 Å². The number of amides is 1. The first-order chi connectivity index (χ1) is 12.7. The lowest BCUT2D eigenvalue weighted by molar-refractivity contribution is -0.116. The zero-order valence-electron chi connectivity index (χ0n) is 14.8. The van der Waals surface area contributed by atoms with Crippen molar-refractivity contribution >= 4 is 49.1 Å². The van der Waals surface area contributed by atoms with Gasteiger partial charge in [-0.1, -0.05) is 27.5 Å². The quantitative estimate of drug-likeness (QED) is 0.661. The second kappa shape index (κ2) is 8.92. The summed E-state index contributed by atoms with van der Waals surface area (Å²) < 4.78 is 37.4. The summed E-state index contributed by atoms with van der Waals surface area (Å²) >= 11 is 9.17. The molecule has 0 aromatic heterocycles. The first-order valence-corrected chi connectivity index (χ1v) is 10.2. The number of carbonyl (C=O) groups excluding carboxylic acids is 1. The number of hydrogen-bond acceptors (Lipinski definition) is 5. The number of rotatable bonds is 7. The van der Waals surface area contributed by atoms with Crippen molar-refractivity contribution in [3.63, 3.8) is 0 Å². The van der Waals surface area contributed by atoms with Crippen LogP contribution in [0.2, 0.25) is 5.02 Å². The number of nitrogens with zero attached hydrogens (tertiary/aromatic N) is 1. The van der Waals surface area contributed by atoms with Crippen molar-refractivity contribution in [2.75, 3.05) is 33.1 Å². The number of carbonyl (C=O) groups is 1. The van der Waals surface area contributed by atoms with Gasteiger partial charge < -0.3 is 14.8 Å². The van der Waals surface area contributed by atoms with Crippen molar-refractivity contribution in [3.05, 3.63) is 45.9 Å². The van der Waals surface area contributed by atoms with Crippen molar-refractivity contribution in [1.82, 2.24) is 4.31 Å². The third-order valence-corrected chi connectivity index (χ3v) is 6.17. The molecule has 2 aromatic carbocycles. The number of benzene rings is 2. The smallest absolute Gasteiger partial charge is 0.247 e. The van der Waals surface area contributed by atoms with E-state index in [1.807, 2.05) is 0 Å². The highest BCUT2D eigenvalue weighted by Crippen LogP contribution is 2.30. The largest absolute Gasteiger partial charge is 0.495 e. The predicted octanol–water partition coefficient (Wildman–Crippen LogP) is 3.38. The molecule has 0 spiro atoms. The zero-order chi connectivity index (χ0) is 20.2. The number of nitrogens with one attached hydrogen (secondary N) is 1. The van der Waals surface area contributed by atoms with Crippen LogP contribution in [-0.2, 0) is 14.8 Å². The van der Waals surface area contributed by atoms with E-state index in [1.165, 1.54) is 39.5 Å². The molecule has 0 aliphatic carbocycles. The molecular formula is C17H18BrClN2O5S. The molecule has 0 heterocycles. The van der Waals surface area contributed by atoms with Gasteiger partial charge in [0, 0.05) is 16.5 Å². The number of hydrogen-bond donors (Lipinski definition) is 1. The van der Waals surface area contributed by atoms with Crippen molar-refractivity contribution < 1.29 is 22.7 Å². The molecule has 1 amide bonds. The van der Waals surface area contributed by atoms with Crippen molar-refractivity contribution in [1.29, 1.82) is 0 Å². The van der Waals surface area contributed by atoms with Crippen LogP contribution in [0.3, 0.4) is 0 Å². The van der Waals surface area contributed by atoms with Crippen LogP contribution in [0.15, 0.2) is 45.8 Å². The van der Waals surface area contributed by atoms with Crippen molar-refractivity contribution in [2.45, 2.75) is 4.90 Å². The highest BCUT2D eigenvalue weighted by Gasteiger charge is 2.27. The van der Waals surface area contributed by atoms with E-state index in [0.29, 0.717) is 20.9 Å². The second-order valence-electron chi connectivity index (χ2n) is 5.45. The van der Waals surface area contributed by atoms with Crippen LogP contribution in [0.1, 0.15) is 0 Å². The lowest BCUT2D eigenvalue weighted by Gasteiger charge is -2.19. The highest BCUT2D eigenvalue weighted by molar-refractivity contribution is 9.10. The lowest BCUT2D eigenvalue weighted by atomic mass is 10.3. The summed E-state index contributed by atoms with van der Waals surface area (Å²) in [7, 11) is 0.184. The van der Waals surface area contributed by atoms with E-state index in [9.17, 15) is 13.2 Å². The second-order valence-corrected chi connectivity index (χ2v) is 8.81. The Bertz CT molecular complexity index is 952. The van der Waals surface area contributed by atoms with Gasteiger partial charge in [-0.3, -0.25) is 4.79 Å². The van der Waals surface area contributed by atoms with Gasteiger partial charge in [-0.2, -0.15) is 4.31 Å². The summed E-state index contributed by atoms with van der Waals surface area (Å²) in [6.45, 7) is -0.409. The number of halogens is 2. The maximum atomic E-state index is 12.8. The molecule has 0 unspecified atom stereocenters. The van der Waals surface area contributed by atoms with Crippen LogP contribution in [0.5, 0.6) is 11.5 Å². The Labute approximate surface area is 171 Å². The van der Waals surface area contributed by atoms with Crippen molar-refractivity contribution in [3.8, 4) is 11.5 Å². The Morgan fingerprint density at radius 3 is 2.41 bits per heavy atom. The van der Waals surface area contributed by atoms with E-state index in [-0.39, 0.29) is 10.6 Å². The normalized spacial score (nSPS) is 11.3. The first kappa shape index (κ1) is 21.5. The molecule has 146 valence electrons. The molecule has 0 aliphatic heterocycles. The van der Waals surface area contributed by atoms with Gasteiger partial charge in [-0.15, -0.1) is 0 Å². The minimum Gasteiger partial charge on any atom is -0.495 e. The fraction of sp³-hybridized carbons (Fsp3) is 0.235. The maximum Gasteiger partial charge on any atom is 0.247 e. The van der Waals surface area contributed by atoms with Crippen LogP contribution in [0.25, 0.3) is 0 Å². The summed E-state index contributed by atoms with van der Waals surface area (Å²) in [5.74, 6) is 0.0458. The predicted molar refractivity (Wildman–Crippen MR) is 107 cm³/mol. The van der Waals surface area contributed by atoms with Gasteiger partial charge in [0.05, 0.1) is 26.5 Å². The minimum atomic E-state index is -3.96. The molecule has 2 aromatic rings. The van der Waals surface area contributed by atoms with Gasteiger partial charge >= 0.3 is 0 Å². The fourth-order valence-corrected chi connectivity index (χ4v) is 4.26. The molecule has 0 atom stereocenters. The lowest BCUT2D eigenvalue weighted by Crippen LogP contribution is -2.35. The summed E-state index contributed by atoms with van der Waals surface area (Å²) in [6, 6.07) is 9.35. The van der Waals surface area contributed by atoms with E-state index < -0.39 is 22.5 Å². The van der Waals surface area contributed by atoms with Gasteiger partial charge in [0.1, 0.15) is 16.4 Å². The Hall–Kier alpha value is -1.81. The number of sulfonamides is 1. The molecular weight excluding hydrogens is 460 g/mol. The number of ether oxygens (including phenoxy) is 2. The topological polar surface area (TPSA) is 84.9 Å². The van der Waals surface area contributed by atoms with Crippen LogP contribution in [0.4, 0.5) is 5.69 Å². The van der Waals surface area contributed by atoms with Crippen LogP contribution >= 0.6 is 27.5 Å². The third-order valence-electron chi connectivity index (χ3n) is 3.62. The highest BCUT2D eigenvalue weighted by atomic mass is 79.9. The Morgan fingerprint density at radius 2 is 1.78 bits per heavy atom. The van der Waals surface area contributed by atoms with Gasteiger partial charge in [-0.05, 0) is 36.4 Å². The number of anilines is 1. The van der Waals surface area contributed by atoms with Gasteiger partial charge in [0.15, 0.2) is 0 Å². The molecule has 0 saturated heterocycles. The molecule has 0 radical (unpaired) electrons. The minimum absolute atomic E-state index is 0.0463. The van der Waals surface area contributed by atoms with Crippen LogP contribution in [0, 0.1) is 0 Å². The third kappa shape index (κ3) is 5.13. The summed E-state index contributed by atoms with van der Waals surface area (Å²) in [5, 5.41) is 3.01. The zero-order valence-corrected chi connectivity index (χ0v) is 18.0. The molecule has 0 saturated carbocycles. The molecule has 0 fully saturated rings. The van der Waals surface area contributed by atoms with E-state index in [4.69, 9.17) is 21.1 Å². The summed E-state index contributed by atoms with van der Waals surface area (Å²) in [6.07, 6.45) is 0. The van der Waals surface area contributed by atoms with Gasteiger partial charge in [0.2, 0.25) is 15.9 Å². The molecule has 1 N–H and O–H groups in total. The average molecular weight is 478 g/mol. The van der Waals surface area contributed by atoms with Crippen LogP contribution < -0.4 is 14.8 Å². The first-order valence-electron chi connectivity index (χ1n) is 7.62. The molecule has 10 heteroatoms. The van der Waals surface area contributed by atoms with Gasteiger partial charge in [0.25, 0.3) is 0 Å². The Balaban J connectivity index is 2.21. The summed E-state index contributed by atoms with van der Waals surface area (Å²) in [4.78, 5) is 12.3. The Kier molecular flexibility index (Phi) is 7.10. The summed E-state index contributed by atoms with van der Waals surface area (Å²) in [5.41, 5.74) is 0.348. The maximum absolute atomic E-state index is 12.8. The van der Waals surface area contributed by atoms with E-state index >= 15 is 0 Å². The monoisotopic (exact) mass is 476 g/mol. The molecule has 7 nitrogen and oxygen atoms in total. The molecule has 27 heavy (non-hydrogen) atoms. The van der Waals surface area contributed by atoms with Crippen molar-refractivity contribution in [2.24, 2.45) is 0 Å². The Morgan fingerprint density at radius 1 is 1.15 bits per heavy atom. The standard InChI is InChI=1S/C17H18BrClN2O5S/c1-21(27(23,24)16-8-11(18)4-6-15(16)26-3)10-17(22)20-13-9-12(19)5-7-14(13)25-2/h4-9H,10H2,1-3H3,(H,20,22).